The molecule has 0 bridgehead atoms. The van der Waals surface area contributed by atoms with Gasteiger partial charge in [0.25, 0.3) is 5.56 Å². The van der Waals surface area contributed by atoms with Gasteiger partial charge in [0.05, 0.1) is 11.7 Å². The monoisotopic (exact) mass is 694 g/mol. The van der Waals surface area contributed by atoms with E-state index >= 15 is 0 Å². The molecule has 0 unspecified atom stereocenters. The number of rotatable bonds is 10. The van der Waals surface area contributed by atoms with E-state index in [9.17, 15) is 9.59 Å². The third kappa shape index (κ3) is 7.62. The fourth-order valence-corrected chi connectivity index (χ4v) is 8.78. The van der Waals surface area contributed by atoms with E-state index in [2.05, 4.69) is 86.3 Å². The molecule has 2 fully saturated rings. The molecule has 1 aliphatic carbocycles. The molecule has 6 rings (SSSR count). The molecule has 9 nitrogen and oxygen atoms in total. The van der Waals surface area contributed by atoms with E-state index in [0.717, 1.165) is 63.5 Å². The number of fused-ring (bicyclic) bond motifs is 1. The Bertz CT molecular complexity index is 1880. The molecule has 50 heavy (non-hydrogen) atoms. The molecule has 1 aliphatic heterocycles. The van der Waals surface area contributed by atoms with Gasteiger partial charge in [-0.25, -0.2) is 9.97 Å². The van der Waals surface area contributed by atoms with E-state index in [1.165, 1.54) is 23.6 Å². The molecule has 10 heteroatoms. The van der Waals surface area contributed by atoms with E-state index in [4.69, 9.17) is 14.4 Å². The maximum absolute atomic E-state index is 13.5. The van der Waals surface area contributed by atoms with Gasteiger partial charge in [0.2, 0.25) is 5.95 Å². The van der Waals surface area contributed by atoms with Crippen LogP contribution in [0.15, 0.2) is 53.6 Å². The van der Waals surface area contributed by atoms with Crippen LogP contribution in [0, 0.1) is 6.92 Å². The van der Waals surface area contributed by atoms with Crippen molar-refractivity contribution in [2.75, 3.05) is 18.4 Å². The summed E-state index contributed by atoms with van der Waals surface area (Å²) in [5.74, 6) is 1.30. The number of nitrogens with one attached hydrogen (secondary N) is 1. The second-order valence-electron chi connectivity index (χ2n) is 16.0. The van der Waals surface area contributed by atoms with E-state index in [1.807, 2.05) is 19.2 Å². The lowest BCUT2D eigenvalue weighted by Crippen LogP contribution is -2.41. The highest BCUT2D eigenvalue weighted by molar-refractivity contribution is 6.74. The molecule has 1 saturated heterocycles. The maximum Gasteiger partial charge on any atom is 0.263 e. The minimum absolute atomic E-state index is 0.0390. The molecule has 266 valence electrons. The van der Waals surface area contributed by atoms with Crippen molar-refractivity contribution in [3.8, 4) is 0 Å². The Labute approximate surface area is 298 Å². The molecule has 0 radical (unpaired) electrons. The zero-order chi connectivity index (χ0) is 35.8. The molecule has 0 spiro atoms. The number of benzene rings is 1. The van der Waals surface area contributed by atoms with Crippen LogP contribution in [-0.4, -0.2) is 51.6 Å². The van der Waals surface area contributed by atoms with Crippen molar-refractivity contribution in [3.63, 3.8) is 0 Å². The first-order chi connectivity index (χ1) is 23.7. The molecular weight excluding hydrogens is 641 g/mol. The smallest absolute Gasteiger partial charge is 0.263 e. The number of hydrogen-bond acceptors (Lipinski definition) is 8. The summed E-state index contributed by atoms with van der Waals surface area (Å²) in [6.45, 7) is 20.0. The van der Waals surface area contributed by atoms with Crippen molar-refractivity contribution in [2.45, 2.75) is 123 Å². The minimum atomic E-state index is -1.82. The van der Waals surface area contributed by atoms with Crippen molar-refractivity contribution in [1.82, 2.24) is 24.4 Å². The fourth-order valence-electron chi connectivity index (χ4n) is 7.41. The number of ketones is 1. The second kappa shape index (κ2) is 14.5. The van der Waals surface area contributed by atoms with Gasteiger partial charge in [0.15, 0.2) is 14.1 Å². The van der Waals surface area contributed by atoms with Crippen molar-refractivity contribution in [2.24, 2.45) is 0 Å². The molecule has 0 amide bonds. The van der Waals surface area contributed by atoms with Gasteiger partial charge >= 0.3 is 0 Å². The summed E-state index contributed by atoms with van der Waals surface area (Å²) in [4.78, 5) is 42.6. The normalized spacial score (nSPS) is 17.4. The molecule has 1 saturated carbocycles. The van der Waals surface area contributed by atoms with E-state index in [-0.39, 0.29) is 34.1 Å². The predicted octanol–water partition coefficient (Wildman–Crippen LogP) is 9.02. The highest BCUT2D eigenvalue weighted by Crippen LogP contribution is 2.40. The van der Waals surface area contributed by atoms with Crippen LogP contribution in [0.4, 0.5) is 11.8 Å². The fraction of sp³-hybridized carbons (Fsp3) is 0.525. The van der Waals surface area contributed by atoms with Gasteiger partial charge in [-0.1, -0.05) is 63.9 Å². The van der Waals surface area contributed by atoms with Crippen LogP contribution in [0.5, 0.6) is 0 Å². The molecule has 3 aromatic heterocycles. The van der Waals surface area contributed by atoms with Crippen molar-refractivity contribution >= 4 is 36.9 Å². The molecule has 1 N–H and O–H groups in total. The molecule has 1 atom stereocenters. The quantitative estimate of drug-likeness (QED) is 0.130. The standard InChI is InChI=1S/C40H54N6O3Si/c1-26-34-24-42-39(44-37(34)46(33-11-9-10-12-33)38(48)36(26)27(2)47)43-35-18-17-32(23-41-35)31-19-21-45(22-20-31)25-29-13-15-30(16-14-29)28(3)49-50(7,8)40(4,5)6/h13-18,23-24,28,31,33H,9-12,19-22,25H2,1-8H3,(H,41,42,43,44)/t28-/m1/s1. The molecule has 1 aromatic carbocycles. The van der Waals surface area contributed by atoms with Crippen LogP contribution in [0.3, 0.4) is 0 Å². The van der Waals surface area contributed by atoms with Gasteiger partial charge in [-0.3, -0.25) is 19.1 Å². The topological polar surface area (TPSA) is 102 Å². The van der Waals surface area contributed by atoms with Crippen LogP contribution in [0.25, 0.3) is 11.0 Å². The third-order valence-electron chi connectivity index (χ3n) is 11.5. The lowest BCUT2D eigenvalue weighted by molar-refractivity contribution is 0.101. The van der Waals surface area contributed by atoms with Crippen molar-refractivity contribution < 1.29 is 9.22 Å². The van der Waals surface area contributed by atoms with E-state index < -0.39 is 8.32 Å². The third-order valence-corrected chi connectivity index (χ3v) is 16.0. The number of aromatic nitrogens is 4. The summed E-state index contributed by atoms with van der Waals surface area (Å²) < 4.78 is 8.36. The Morgan fingerprint density at radius 1 is 1.00 bits per heavy atom. The van der Waals surface area contributed by atoms with E-state index in [0.29, 0.717) is 28.9 Å². The first-order valence-electron chi connectivity index (χ1n) is 18.4. The van der Waals surface area contributed by atoms with Gasteiger partial charge in [-0.2, -0.15) is 4.98 Å². The van der Waals surface area contributed by atoms with Gasteiger partial charge < -0.3 is 9.74 Å². The van der Waals surface area contributed by atoms with Gasteiger partial charge in [0, 0.05) is 30.4 Å². The zero-order valence-corrected chi connectivity index (χ0v) is 32.2. The molecular formula is C40H54N6O3Si. The number of likely N-dealkylation sites (tertiary alicyclic amines) is 1. The van der Waals surface area contributed by atoms with Gasteiger partial charge in [-0.15, -0.1) is 0 Å². The zero-order valence-electron chi connectivity index (χ0n) is 31.2. The highest BCUT2D eigenvalue weighted by Gasteiger charge is 2.38. The summed E-state index contributed by atoms with van der Waals surface area (Å²) in [5, 5.41) is 4.19. The van der Waals surface area contributed by atoms with Gasteiger partial charge in [-0.05, 0) is 112 Å². The number of anilines is 2. The average Bonchev–Trinajstić information content (AvgIpc) is 3.59. The number of hydrogen-bond donors (Lipinski definition) is 1. The van der Waals surface area contributed by atoms with Crippen LogP contribution < -0.4 is 10.9 Å². The minimum Gasteiger partial charge on any atom is -0.410 e. The Morgan fingerprint density at radius 2 is 1.68 bits per heavy atom. The lowest BCUT2D eigenvalue weighted by Gasteiger charge is -2.38. The summed E-state index contributed by atoms with van der Waals surface area (Å²) in [7, 11) is -1.82. The Morgan fingerprint density at radius 3 is 2.28 bits per heavy atom. The first kappa shape index (κ1) is 36.1. The number of aryl methyl sites for hydroxylation is 1. The number of piperidine rings is 1. The Hall–Kier alpha value is -3.73. The van der Waals surface area contributed by atoms with Crippen molar-refractivity contribution in [3.05, 3.63) is 87.0 Å². The van der Waals surface area contributed by atoms with Crippen molar-refractivity contribution in [1.29, 1.82) is 0 Å². The SMILES string of the molecule is CC(=O)c1c(C)c2cnc(Nc3ccc(C4CCN(Cc5ccc([C@@H](C)O[Si](C)(C)C(C)(C)C)cc5)CC4)cn3)nc2n(C2CCCC2)c1=O. The van der Waals surface area contributed by atoms with Gasteiger partial charge in [0.1, 0.15) is 11.5 Å². The summed E-state index contributed by atoms with van der Waals surface area (Å²) >= 11 is 0. The number of pyridine rings is 2. The molecule has 2 aliphatic rings. The summed E-state index contributed by atoms with van der Waals surface area (Å²) in [5.41, 5.74) is 5.05. The molecule has 4 heterocycles. The summed E-state index contributed by atoms with van der Waals surface area (Å²) in [6, 6.07) is 13.2. The lowest BCUT2D eigenvalue weighted by atomic mass is 9.90. The highest BCUT2D eigenvalue weighted by atomic mass is 28.4. The predicted molar refractivity (Wildman–Crippen MR) is 204 cm³/mol. The Balaban J connectivity index is 1.07. The largest absolute Gasteiger partial charge is 0.410 e. The molecule has 4 aromatic rings. The Kier molecular flexibility index (Phi) is 10.4. The van der Waals surface area contributed by atoms with Crippen LogP contribution in [0.2, 0.25) is 18.1 Å². The number of carbonyl (C=O) groups excluding carboxylic acids is 1. The number of Topliss-reactive ketones (excluding diaryl/α,β-unsaturated/α-hetero) is 1. The first-order valence-corrected chi connectivity index (χ1v) is 21.3. The maximum atomic E-state index is 13.5. The number of carbonyl (C=O) groups is 1. The number of nitrogens with zero attached hydrogens (tertiary/aromatic N) is 5. The van der Waals surface area contributed by atoms with Crippen LogP contribution >= 0.6 is 0 Å². The summed E-state index contributed by atoms with van der Waals surface area (Å²) in [6.07, 6.45) is 9.92. The van der Waals surface area contributed by atoms with E-state index in [1.54, 1.807) is 10.8 Å². The average molecular weight is 695 g/mol. The second-order valence-corrected chi connectivity index (χ2v) is 20.8. The van der Waals surface area contributed by atoms with Crippen LogP contribution in [0.1, 0.15) is 124 Å². The van der Waals surface area contributed by atoms with Crippen LogP contribution in [-0.2, 0) is 11.0 Å².